The summed E-state index contributed by atoms with van der Waals surface area (Å²) in [5.41, 5.74) is 1.96. The predicted octanol–water partition coefficient (Wildman–Crippen LogP) is 3.86. The maximum atomic E-state index is 13.5. The molecule has 6 heteroatoms. The summed E-state index contributed by atoms with van der Waals surface area (Å²) in [5, 5.41) is 0. The van der Waals surface area contributed by atoms with E-state index in [-0.39, 0.29) is 6.61 Å². The third-order valence-electron chi connectivity index (χ3n) is 4.94. The molecular formula is C20H25FN4O. The van der Waals surface area contributed by atoms with Gasteiger partial charge in [0.2, 0.25) is 5.78 Å². The van der Waals surface area contributed by atoms with Crippen molar-refractivity contribution < 1.29 is 13.2 Å². The monoisotopic (exact) mass is 358 g/mol. The van der Waals surface area contributed by atoms with Crippen LogP contribution in [-0.4, -0.2) is 46.8 Å². The average Bonchev–Trinajstić information content (AvgIpc) is 3.05. The Morgan fingerprint density at radius 1 is 1.31 bits per heavy atom. The molecule has 0 bridgehead atoms. The van der Waals surface area contributed by atoms with Crippen molar-refractivity contribution in [2.45, 2.75) is 32.3 Å². The minimum Gasteiger partial charge on any atom is -0.378 e. The van der Waals surface area contributed by atoms with Crippen LogP contribution in [0.3, 0.4) is 0 Å². The van der Waals surface area contributed by atoms with Crippen LogP contribution in [-0.2, 0) is 4.74 Å². The second-order valence-electron chi connectivity index (χ2n) is 6.76. The highest BCUT2D eigenvalue weighted by molar-refractivity contribution is 5.79. The molecule has 1 saturated heterocycles. The fourth-order valence-electron chi connectivity index (χ4n) is 3.54. The first-order valence-corrected chi connectivity index (χ1v) is 9.06. The SMILES string of the molecule is [2H]C(C)([18F])C([2H])([2H])OCCC1CCN(c2ccn3c(n2)nc2ccccc23)CC1. The number of hydrogen-bond donors (Lipinski definition) is 0. The normalized spacial score (nSPS) is 20.7. The van der Waals surface area contributed by atoms with Crippen LogP contribution in [0.2, 0.25) is 0 Å². The van der Waals surface area contributed by atoms with Crippen molar-refractivity contribution in [3.05, 3.63) is 36.5 Å². The quantitative estimate of drug-likeness (QED) is 0.671. The number of imidazole rings is 1. The molecule has 0 spiro atoms. The molecule has 138 valence electrons. The van der Waals surface area contributed by atoms with Crippen molar-refractivity contribution in [3.8, 4) is 0 Å². The lowest BCUT2D eigenvalue weighted by atomic mass is 9.94. The minimum atomic E-state index is -2.77. The highest BCUT2D eigenvalue weighted by atomic mass is 18.2. The second kappa shape index (κ2) is 7.58. The molecule has 1 fully saturated rings. The molecule has 1 aliphatic rings. The average molecular weight is 358 g/mol. The molecule has 2 aromatic heterocycles. The third-order valence-corrected chi connectivity index (χ3v) is 4.94. The second-order valence-corrected chi connectivity index (χ2v) is 6.76. The first kappa shape index (κ1) is 13.9. The van der Waals surface area contributed by atoms with E-state index in [1.165, 1.54) is 0 Å². The third kappa shape index (κ3) is 3.65. The maximum Gasteiger partial charge on any atom is 0.236 e. The standard InChI is InChI=1S/C20H25FN4O/c1-15(21)14-26-13-9-16-6-10-24(11-7-16)19-8-12-25-18-5-3-2-4-17(18)22-20(25)23-19/h2-5,8,12,15-16H,6-7,9-11,13-14H2,1H3/i14D2,15D,21-1. The molecule has 26 heavy (non-hydrogen) atoms. The van der Waals surface area contributed by atoms with Crippen molar-refractivity contribution >= 4 is 22.6 Å². The van der Waals surface area contributed by atoms with Crippen LogP contribution in [0.25, 0.3) is 16.8 Å². The molecule has 0 saturated carbocycles. The lowest BCUT2D eigenvalue weighted by Crippen LogP contribution is -2.34. The molecule has 0 amide bonds. The van der Waals surface area contributed by atoms with Gasteiger partial charge in [0.05, 0.1) is 21.7 Å². The minimum absolute atomic E-state index is 0.112. The first-order chi connectivity index (χ1) is 13.7. The number of ether oxygens (including phenoxy) is 1. The van der Waals surface area contributed by atoms with E-state index in [2.05, 4.69) is 9.88 Å². The molecule has 1 aliphatic heterocycles. The van der Waals surface area contributed by atoms with Gasteiger partial charge in [0, 0.05) is 25.9 Å². The van der Waals surface area contributed by atoms with Gasteiger partial charge in [0.15, 0.2) is 0 Å². The van der Waals surface area contributed by atoms with Gasteiger partial charge in [0.25, 0.3) is 0 Å². The van der Waals surface area contributed by atoms with Crippen LogP contribution in [0.15, 0.2) is 36.5 Å². The molecule has 0 aliphatic carbocycles. The van der Waals surface area contributed by atoms with Gasteiger partial charge in [-0.25, -0.2) is 9.37 Å². The largest absolute Gasteiger partial charge is 0.378 e. The van der Waals surface area contributed by atoms with E-state index < -0.39 is 12.7 Å². The maximum absolute atomic E-state index is 13.5. The van der Waals surface area contributed by atoms with Gasteiger partial charge in [-0.05, 0) is 50.3 Å². The van der Waals surface area contributed by atoms with Gasteiger partial charge in [0.1, 0.15) is 12.0 Å². The van der Waals surface area contributed by atoms with Crippen molar-refractivity contribution in [2.24, 2.45) is 5.92 Å². The van der Waals surface area contributed by atoms with Crippen LogP contribution >= 0.6 is 0 Å². The van der Waals surface area contributed by atoms with E-state index in [1.54, 1.807) is 0 Å². The Labute approximate surface area is 157 Å². The van der Waals surface area contributed by atoms with Gasteiger partial charge < -0.3 is 9.64 Å². The Balaban J connectivity index is 1.34. The van der Waals surface area contributed by atoms with Gasteiger partial charge in [-0.1, -0.05) is 12.1 Å². The number of para-hydroxylation sites is 2. The number of anilines is 1. The summed E-state index contributed by atoms with van der Waals surface area (Å²) in [6.07, 6.45) is 1.76. The summed E-state index contributed by atoms with van der Waals surface area (Å²) in [7, 11) is 0. The van der Waals surface area contributed by atoms with E-state index in [0.29, 0.717) is 18.1 Å². The van der Waals surface area contributed by atoms with E-state index in [0.717, 1.165) is 49.7 Å². The molecule has 1 aromatic carbocycles. The number of halogens is 1. The molecule has 3 aromatic rings. The van der Waals surface area contributed by atoms with Crippen molar-refractivity contribution in [1.82, 2.24) is 14.4 Å². The lowest BCUT2D eigenvalue weighted by molar-refractivity contribution is 0.0758. The molecule has 0 N–H and O–H groups in total. The van der Waals surface area contributed by atoms with Crippen molar-refractivity contribution in [1.29, 1.82) is 0 Å². The van der Waals surface area contributed by atoms with Gasteiger partial charge in [-0.3, -0.25) is 4.40 Å². The Bertz CT molecular complexity index is 996. The van der Waals surface area contributed by atoms with Crippen LogP contribution < -0.4 is 4.90 Å². The fraction of sp³-hybridized carbons (Fsp3) is 0.500. The topological polar surface area (TPSA) is 42.7 Å². The molecule has 0 radical (unpaired) electrons. The predicted molar refractivity (Wildman–Crippen MR) is 101 cm³/mol. The Hall–Kier alpha value is -2.21. The number of rotatable bonds is 6. The van der Waals surface area contributed by atoms with E-state index >= 15 is 0 Å². The molecule has 5 nitrogen and oxygen atoms in total. The number of fused-ring (bicyclic) bond motifs is 3. The molecular weight excluding hydrogens is 330 g/mol. The Morgan fingerprint density at radius 2 is 2.12 bits per heavy atom. The zero-order valence-electron chi connectivity index (χ0n) is 17.9. The summed E-state index contributed by atoms with van der Waals surface area (Å²) in [4.78, 5) is 11.6. The molecule has 1 unspecified atom stereocenters. The van der Waals surface area contributed by atoms with Crippen LogP contribution in [0.1, 0.15) is 30.3 Å². The summed E-state index contributed by atoms with van der Waals surface area (Å²) in [6.45, 7) is 0.0837. The van der Waals surface area contributed by atoms with E-state index in [9.17, 15) is 4.39 Å². The highest BCUT2D eigenvalue weighted by Crippen LogP contribution is 2.25. The van der Waals surface area contributed by atoms with Crippen LogP contribution in [0.4, 0.5) is 10.2 Å². The van der Waals surface area contributed by atoms with Gasteiger partial charge in [-0.15, -0.1) is 0 Å². The fourth-order valence-corrected chi connectivity index (χ4v) is 3.54. The van der Waals surface area contributed by atoms with Crippen molar-refractivity contribution in [2.75, 3.05) is 31.2 Å². The number of benzene rings is 1. The van der Waals surface area contributed by atoms with Crippen LogP contribution in [0, 0.1) is 5.92 Å². The smallest absolute Gasteiger partial charge is 0.236 e. The highest BCUT2D eigenvalue weighted by Gasteiger charge is 2.20. The van der Waals surface area contributed by atoms with E-state index in [1.807, 2.05) is 40.9 Å². The summed E-state index contributed by atoms with van der Waals surface area (Å²) in [6, 6.07) is 9.97. The summed E-state index contributed by atoms with van der Waals surface area (Å²) >= 11 is 0. The number of hydrogen-bond acceptors (Lipinski definition) is 4. The lowest BCUT2D eigenvalue weighted by Gasteiger charge is -2.32. The summed E-state index contributed by atoms with van der Waals surface area (Å²) in [5.74, 6) is 1.98. The zero-order valence-corrected chi connectivity index (χ0v) is 14.9. The number of alkyl halides is 1. The number of aromatic nitrogens is 3. The first-order valence-electron chi connectivity index (χ1n) is 10.6. The molecule has 3 heterocycles. The van der Waals surface area contributed by atoms with E-state index in [4.69, 9.17) is 13.8 Å². The molecule has 4 rings (SSSR count). The Morgan fingerprint density at radius 3 is 2.92 bits per heavy atom. The number of nitrogens with zero attached hydrogens (tertiary/aromatic N) is 4. The Kier molecular flexibility index (Phi) is 4.06. The van der Waals surface area contributed by atoms with Gasteiger partial charge in [-0.2, -0.15) is 4.98 Å². The van der Waals surface area contributed by atoms with Gasteiger partial charge >= 0.3 is 0 Å². The zero-order chi connectivity index (χ0) is 20.6. The summed E-state index contributed by atoms with van der Waals surface area (Å²) < 4.78 is 42.7. The molecule has 1 atom stereocenters. The van der Waals surface area contributed by atoms with Crippen molar-refractivity contribution in [3.63, 3.8) is 0 Å². The number of piperidine rings is 1. The van der Waals surface area contributed by atoms with Crippen LogP contribution in [0.5, 0.6) is 0 Å².